The zero-order valence-corrected chi connectivity index (χ0v) is 10.6. The molecule has 0 atom stereocenters. The van der Waals surface area contributed by atoms with Gasteiger partial charge < -0.3 is 5.11 Å². The largest absolute Gasteiger partial charge is 0.506 e. The van der Waals surface area contributed by atoms with Crippen molar-refractivity contribution in [3.63, 3.8) is 0 Å². The summed E-state index contributed by atoms with van der Waals surface area (Å²) in [7, 11) is 0. The quantitative estimate of drug-likeness (QED) is 0.891. The molecule has 1 aromatic heterocycles. The maximum Gasteiger partial charge on any atom is 0.199 e. The summed E-state index contributed by atoms with van der Waals surface area (Å²) in [5.74, 6) is -0.129. The summed E-state index contributed by atoms with van der Waals surface area (Å²) >= 11 is 0. The summed E-state index contributed by atoms with van der Waals surface area (Å²) in [6.45, 7) is 2.01. The number of benzene rings is 1. The first-order chi connectivity index (χ1) is 9.22. The van der Waals surface area contributed by atoms with Crippen molar-refractivity contribution in [2.24, 2.45) is 0 Å². The fraction of sp³-hybridized carbons (Fsp3) is 0.125. The molecule has 0 saturated carbocycles. The zero-order valence-electron chi connectivity index (χ0n) is 10.6. The number of nitrogens with zero attached hydrogens (tertiary/aromatic N) is 1. The minimum Gasteiger partial charge on any atom is -0.506 e. The summed E-state index contributed by atoms with van der Waals surface area (Å²) in [4.78, 5) is 16.8. The van der Waals surface area contributed by atoms with Crippen molar-refractivity contribution >= 4 is 17.1 Å². The minimum absolute atomic E-state index is 0.0290. The van der Waals surface area contributed by atoms with E-state index in [-0.39, 0.29) is 11.5 Å². The van der Waals surface area contributed by atoms with Gasteiger partial charge in [0.05, 0.1) is 11.3 Å². The van der Waals surface area contributed by atoms with E-state index in [1.807, 2.05) is 19.1 Å². The van der Waals surface area contributed by atoms with E-state index in [0.717, 1.165) is 12.1 Å². The van der Waals surface area contributed by atoms with Crippen LogP contribution in [0.4, 0.5) is 0 Å². The fourth-order valence-electron chi connectivity index (χ4n) is 2.32. The van der Waals surface area contributed by atoms with Crippen LogP contribution in [-0.4, -0.2) is 15.9 Å². The molecule has 1 N–H and O–H groups in total. The lowest BCUT2D eigenvalue weighted by Crippen LogP contribution is -2.01. The monoisotopic (exact) mass is 251 g/mol. The van der Waals surface area contributed by atoms with Crippen molar-refractivity contribution in [3.8, 4) is 0 Å². The average Bonchev–Trinajstić information content (AvgIpc) is 2.72. The molecule has 3 nitrogen and oxygen atoms in total. The van der Waals surface area contributed by atoms with Gasteiger partial charge in [0.25, 0.3) is 0 Å². The van der Waals surface area contributed by atoms with Crippen molar-refractivity contribution in [1.82, 2.24) is 4.98 Å². The molecule has 1 aliphatic carbocycles. The third-order valence-corrected chi connectivity index (χ3v) is 3.32. The lowest BCUT2D eigenvalue weighted by Gasteiger charge is -2.03. The van der Waals surface area contributed by atoms with Gasteiger partial charge in [-0.15, -0.1) is 0 Å². The second-order valence-corrected chi connectivity index (χ2v) is 4.47. The molecule has 3 rings (SSSR count). The molecule has 0 amide bonds. The molecule has 0 saturated heterocycles. The number of aromatic nitrogens is 1. The number of aliphatic hydroxyl groups is 1. The van der Waals surface area contributed by atoms with Crippen LogP contribution < -0.4 is 0 Å². The Kier molecular flexibility index (Phi) is 2.67. The average molecular weight is 251 g/mol. The van der Waals surface area contributed by atoms with Crippen molar-refractivity contribution in [2.45, 2.75) is 13.3 Å². The molecule has 1 aromatic carbocycles. The molecule has 1 aliphatic rings. The van der Waals surface area contributed by atoms with Crippen LogP contribution in [0.1, 0.15) is 34.2 Å². The molecule has 1 heterocycles. The second kappa shape index (κ2) is 4.35. The number of carbonyl (C=O) groups is 1. The van der Waals surface area contributed by atoms with Crippen molar-refractivity contribution < 1.29 is 9.90 Å². The number of rotatable bonds is 2. The van der Waals surface area contributed by atoms with E-state index in [0.29, 0.717) is 22.4 Å². The molecule has 0 radical (unpaired) electrons. The van der Waals surface area contributed by atoms with Gasteiger partial charge in [0, 0.05) is 16.8 Å². The third kappa shape index (κ3) is 1.74. The molecular formula is C16H13NO2. The first-order valence-corrected chi connectivity index (χ1v) is 6.26. The topological polar surface area (TPSA) is 50.2 Å². The Hall–Kier alpha value is -2.42. The Balaban J connectivity index is 2.17. The van der Waals surface area contributed by atoms with Gasteiger partial charge in [-0.3, -0.25) is 9.78 Å². The van der Waals surface area contributed by atoms with Gasteiger partial charge in [0.1, 0.15) is 5.76 Å². The molecule has 0 aliphatic heterocycles. The van der Waals surface area contributed by atoms with Crippen LogP contribution in [0.25, 0.3) is 11.3 Å². The predicted octanol–water partition coefficient (Wildman–Crippen LogP) is 3.27. The highest BCUT2D eigenvalue weighted by Gasteiger charge is 2.30. The number of hydrogen-bond donors (Lipinski definition) is 1. The van der Waals surface area contributed by atoms with Gasteiger partial charge in [-0.1, -0.05) is 37.3 Å². The molecule has 94 valence electrons. The van der Waals surface area contributed by atoms with Crippen LogP contribution in [-0.2, 0) is 6.42 Å². The Morgan fingerprint density at radius 1 is 1.05 bits per heavy atom. The van der Waals surface area contributed by atoms with Gasteiger partial charge in [0.15, 0.2) is 5.78 Å². The SMILES string of the molecule is CCc1cccc(C2=C(O)c3ccccc3C2=O)n1. The van der Waals surface area contributed by atoms with E-state index in [9.17, 15) is 9.90 Å². The van der Waals surface area contributed by atoms with Crippen LogP contribution in [0.3, 0.4) is 0 Å². The number of fused-ring (bicyclic) bond motifs is 1. The predicted molar refractivity (Wildman–Crippen MR) is 73.8 cm³/mol. The van der Waals surface area contributed by atoms with E-state index in [1.54, 1.807) is 30.3 Å². The number of carbonyl (C=O) groups excluding carboxylic acids is 1. The van der Waals surface area contributed by atoms with Gasteiger partial charge in [0.2, 0.25) is 0 Å². The highest BCUT2D eigenvalue weighted by molar-refractivity contribution is 6.38. The Morgan fingerprint density at radius 3 is 2.47 bits per heavy atom. The number of Topliss-reactive ketones (excluding diaryl/α,β-unsaturated/α-hetero) is 1. The van der Waals surface area contributed by atoms with Gasteiger partial charge >= 0.3 is 0 Å². The molecule has 3 heteroatoms. The smallest absolute Gasteiger partial charge is 0.199 e. The highest BCUT2D eigenvalue weighted by Crippen LogP contribution is 2.35. The number of allylic oxidation sites excluding steroid dienone is 1. The standard InChI is InChI=1S/C16H13NO2/c1-2-10-6-5-9-13(17-10)14-15(18)11-7-3-4-8-12(11)16(14)19/h3-9,18H,2H2,1H3. The maximum absolute atomic E-state index is 12.3. The molecule has 19 heavy (non-hydrogen) atoms. The first-order valence-electron chi connectivity index (χ1n) is 6.26. The normalized spacial score (nSPS) is 13.8. The Labute approximate surface area is 111 Å². The minimum atomic E-state index is -0.158. The van der Waals surface area contributed by atoms with Crippen LogP contribution >= 0.6 is 0 Å². The van der Waals surface area contributed by atoms with Crippen LogP contribution in [0.5, 0.6) is 0 Å². The van der Waals surface area contributed by atoms with Crippen molar-refractivity contribution in [1.29, 1.82) is 0 Å². The number of aliphatic hydroxyl groups excluding tert-OH is 1. The van der Waals surface area contributed by atoms with Gasteiger partial charge in [-0.25, -0.2) is 0 Å². The van der Waals surface area contributed by atoms with E-state index in [2.05, 4.69) is 4.98 Å². The second-order valence-electron chi connectivity index (χ2n) is 4.47. The summed E-state index contributed by atoms with van der Waals surface area (Å²) < 4.78 is 0. The third-order valence-electron chi connectivity index (χ3n) is 3.32. The van der Waals surface area contributed by atoms with Gasteiger partial charge in [-0.05, 0) is 18.6 Å². The summed E-state index contributed by atoms with van der Waals surface area (Å²) in [5, 5.41) is 10.2. The molecular weight excluding hydrogens is 238 g/mol. The summed E-state index contributed by atoms with van der Waals surface area (Å²) in [6.07, 6.45) is 0.795. The van der Waals surface area contributed by atoms with Crippen LogP contribution in [0, 0.1) is 0 Å². The van der Waals surface area contributed by atoms with Crippen molar-refractivity contribution in [2.75, 3.05) is 0 Å². The summed E-state index contributed by atoms with van der Waals surface area (Å²) in [6, 6.07) is 12.6. The first kappa shape index (κ1) is 11.7. The number of pyridine rings is 1. The maximum atomic E-state index is 12.3. The Bertz CT molecular complexity index is 701. The number of aryl methyl sites for hydroxylation is 1. The molecule has 0 spiro atoms. The van der Waals surface area contributed by atoms with E-state index < -0.39 is 0 Å². The van der Waals surface area contributed by atoms with Crippen molar-refractivity contribution in [3.05, 3.63) is 65.0 Å². The van der Waals surface area contributed by atoms with E-state index in [1.165, 1.54) is 0 Å². The highest BCUT2D eigenvalue weighted by atomic mass is 16.3. The van der Waals surface area contributed by atoms with Crippen LogP contribution in [0.15, 0.2) is 42.5 Å². The lowest BCUT2D eigenvalue weighted by molar-refractivity contribution is 0.105. The fourth-order valence-corrected chi connectivity index (χ4v) is 2.32. The van der Waals surface area contributed by atoms with E-state index in [4.69, 9.17) is 0 Å². The molecule has 2 aromatic rings. The number of hydrogen-bond acceptors (Lipinski definition) is 3. The van der Waals surface area contributed by atoms with E-state index >= 15 is 0 Å². The molecule has 0 bridgehead atoms. The van der Waals surface area contributed by atoms with Crippen LogP contribution in [0.2, 0.25) is 0 Å². The summed E-state index contributed by atoms with van der Waals surface area (Å²) in [5.41, 5.74) is 2.88. The zero-order chi connectivity index (χ0) is 13.4. The molecule has 0 unspecified atom stereocenters. The molecule has 0 fully saturated rings. The number of ketones is 1. The Morgan fingerprint density at radius 2 is 1.79 bits per heavy atom. The van der Waals surface area contributed by atoms with Gasteiger partial charge in [-0.2, -0.15) is 0 Å². The lowest BCUT2D eigenvalue weighted by atomic mass is 10.1.